The number of rotatable bonds is 6. The van der Waals surface area contributed by atoms with E-state index in [9.17, 15) is 4.79 Å². The number of amides is 1. The van der Waals surface area contributed by atoms with Gasteiger partial charge in [-0.3, -0.25) is 10.1 Å². The lowest BCUT2D eigenvalue weighted by molar-refractivity contribution is 0.0225. The number of anilines is 1. The summed E-state index contributed by atoms with van der Waals surface area (Å²) in [7, 11) is 4.25. The summed E-state index contributed by atoms with van der Waals surface area (Å²) in [6.07, 6.45) is 0. The molecular formula is C29H38N2O5S. The van der Waals surface area contributed by atoms with Crippen LogP contribution in [0.4, 0.5) is 5.13 Å². The summed E-state index contributed by atoms with van der Waals surface area (Å²) < 4.78 is 15.9. The third-order valence-corrected chi connectivity index (χ3v) is 5.53. The predicted molar refractivity (Wildman–Crippen MR) is 153 cm³/mol. The molecule has 4 rings (SSSR count). The number of aliphatic hydroxyl groups is 1. The van der Waals surface area contributed by atoms with E-state index in [0.717, 1.165) is 28.6 Å². The van der Waals surface area contributed by atoms with Crippen LogP contribution in [0.15, 0.2) is 66.7 Å². The van der Waals surface area contributed by atoms with Crippen LogP contribution >= 0.6 is 11.3 Å². The molecule has 1 heterocycles. The monoisotopic (exact) mass is 526 g/mol. The van der Waals surface area contributed by atoms with Gasteiger partial charge in [0.1, 0.15) is 5.75 Å². The number of ether oxygens (including phenoxy) is 3. The second-order valence-electron chi connectivity index (χ2n) is 7.79. The van der Waals surface area contributed by atoms with Crippen molar-refractivity contribution < 1.29 is 24.1 Å². The maximum atomic E-state index is 12.3. The summed E-state index contributed by atoms with van der Waals surface area (Å²) in [4.78, 5) is 16.7. The van der Waals surface area contributed by atoms with Crippen molar-refractivity contribution in [1.82, 2.24) is 4.98 Å². The molecule has 37 heavy (non-hydrogen) atoms. The van der Waals surface area contributed by atoms with E-state index in [1.165, 1.54) is 22.5 Å². The topological polar surface area (TPSA) is 89.9 Å². The third-order valence-electron chi connectivity index (χ3n) is 4.59. The number of hydrogen-bond donors (Lipinski definition) is 2. The van der Waals surface area contributed by atoms with E-state index in [4.69, 9.17) is 14.6 Å². The molecule has 200 valence electrons. The predicted octanol–water partition coefficient (Wildman–Crippen LogP) is 6.40. The summed E-state index contributed by atoms with van der Waals surface area (Å²) >= 11 is 1.41. The minimum atomic E-state index is -0.162. The number of aliphatic hydroxyl groups excluding tert-OH is 1. The number of carbonyl (C=O) groups is 1. The largest absolute Gasteiger partial charge is 0.468 e. The highest BCUT2D eigenvalue weighted by molar-refractivity contribution is 7.22. The first-order valence-corrected chi connectivity index (χ1v) is 12.5. The van der Waals surface area contributed by atoms with Crippen molar-refractivity contribution in [3.63, 3.8) is 0 Å². The van der Waals surface area contributed by atoms with Crippen LogP contribution in [0.2, 0.25) is 0 Å². The summed E-state index contributed by atoms with van der Waals surface area (Å²) in [6.45, 7) is 8.89. The summed E-state index contributed by atoms with van der Waals surface area (Å²) in [5.41, 5.74) is 5.15. The van der Waals surface area contributed by atoms with Crippen molar-refractivity contribution in [3.05, 3.63) is 89.0 Å². The lowest BCUT2D eigenvalue weighted by Crippen LogP contribution is -2.11. The minimum absolute atomic E-state index is 0.162. The maximum absolute atomic E-state index is 12.3. The molecule has 0 fully saturated rings. The average molecular weight is 527 g/mol. The lowest BCUT2D eigenvalue weighted by Gasteiger charge is -2.04. The quantitative estimate of drug-likeness (QED) is 0.223. The van der Waals surface area contributed by atoms with Crippen molar-refractivity contribution in [2.24, 2.45) is 0 Å². The Kier molecular flexibility index (Phi) is 15.5. The fraction of sp³-hybridized carbons (Fsp3) is 0.310. The minimum Gasteiger partial charge on any atom is -0.468 e. The number of hydrogen-bond acceptors (Lipinski definition) is 7. The number of nitrogens with zero attached hydrogens (tertiary/aromatic N) is 1. The van der Waals surface area contributed by atoms with E-state index in [1.807, 2.05) is 50.2 Å². The molecule has 3 aromatic carbocycles. The van der Waals surface area contributed by atoms with E-state index < -0.39 is 0 Å². The molecule has 0 unspecified atom stereocenters. The number of nitrogens with one attached hydrogen (secondary N) is 1. The van der Waals surface area contributed by atoms with Crippen LogP contribution in [0.3, 0.4) is 0 Å². The first kappa shape index (κ1) is 31.7. The van der Waals surface area contributed by atoms with Gasteiger partial charge in [-0.25, -0.2) is 4.98 Å². The highest BCUT2D eigenvalue weighted by atomic mass is 32.1. The van der Waals surface area contributed by atoms with Gasteiger partial charge in [-0.15, -0.1) is 0 Å². The molecular weight excluding hydrogens is 488 g/mol. The molecule has 7 nitrogen and oxygen atoms in total. The number of benzene rings is 3. The van der Waals surface area contributed by atoms with Gasteiger partial charge in [0.05, 0.1) is 10.2 Å². The second kappa shape index (κ2) is 18.0. The first-order chi connectivity index (χ1) is 17.9. The molecule has 0 saturated carbocycles. The van der Waals surface area contributed by atoms with Gasteiger partial charge < -0.3 is 19.3 Å². The lowest BCUT2D eigenvalue weighted by atomic mass is 10.1. The zero-order valence-electron chi connectivity index (χ0n) is 22.7. The van der Waals surface area contributed by atoms with E-state index in [-0.39, 0.29) is 12.7 Å². The molecule has 2 N–H and O–H groups in total. The molecule has 8 heteroatoms. The number of aromatic nitrogens is 1. The SMILES string of the molecule is CCOCOc1ccc2nc(NC(=O)c3cccc(C)c3)sc2c1.CO.COC.Cc1ccc(C)cc1. The van der Waals surface area contributed by atoms with E-state index in [0.29, 0.717) is 17.3 Å². The summed E-state index contributed by atoms with van der Waals surface area (Å²) in [6, 6.07) is 21.5. The van der Waals surface area contributed by atoms with Crippen molar-refractivity contribution in [2.75, 3.05) is 40.0 Å². The fourth-order valence-electron chi connectivity index (χ4n) is 2.83. The van der Waals surface area contributed by atoms with Gasteiger partial charge >= 0.3 is 0 Å². The number of fused-ring (bicyclic) bond motifs is 1. The molecule has 1 amide bonds. The Balaban J connectivity index is 0.000000437. The van der Waals surface area contributed by atoms with E-state index >= 15 is 0 Å². The van der Waals surface area contributed by atoms with Crippen LogP contribution in [-0.4, -0.2) is 50.7 Å². The Morgan fingerprint density at radius 2 is 1.54 bits per heavy atom. The zero-order valence-corrected chi connectivity index (χ0v) is 23.5. The molecule has 0 radical (unpaired) electrons. The number of thiazole rings is 1. The van der Waals surface area contributed by atoms with Crippen molar-refractivity contribution in [1.29, 1.82) is 0 Å². The average Bonchev–Trinajstić information content (AvgIpc) is 3.29. The molecule has 0 aliphatic heterocycles. The summed E-state index contributed by atoms with van der Waals surface area (Å²) in [5, 5.41) is 10.4. The Hall–Kier alpha value is -3.30. The fourth-order valence-corrected chi connectivity index (χ4v) is 3.72. The van der Waals surface area contributed by atoms with Crippen LogP contribution in [0.1, 0.15) is 34.0 Å². The van der Waals surface area contributed by atoms with Crippen molar-refractivity contribution in [2.45, 2.75) is 27.7 Å². The molecule has 0 spiro atoms. The van der Waals surface area contributed by atoms with Crippen LogP contribution in [0, 0.1) is 20.8 Å². The third kappa shape index (κ3) is 12.0. The molecule has 0 aliphatic rings. The second-order valence-corrected chi connectivity index (χ2v) is 8.82. The maximum Gasteiger partial charge on any atom is 0.257 e. The molecule has 0 aliphatic carbocycles. The Labute approximate surface area is 224 Å². The molecule has 0 bridgehead atoms. The van der Waals surface area contributed by atoms with E-state index in [2.05, 4.69) is 53.2 Å². The highest BCUT2D eigenvalue weighted by Gasteiger charge is 2.10. The standard InChI is InChI=1S/C18H18N2O3S.C8H10.C2H6O.CH4O/c1-3-22-11-23-14-7-8-15-16(10-14)24-18(19-15)20-17(21)13-6-4-5-12(2)9-13;1-7-3-5-8(2)6-4-7;1-3-2;1-2/h4-10H,3,11H2,1-2H3,(H,19,20,21);3-6H,1-2H3;1-2H3;2H,1H3. The van der Waals surface area contributed by atoms with Gasteiger partial charge in [0.15, 0.2) is 11.9 Å². The smallest absolute Gasteiger partial charge is 0.257 e. The molecule has 4 aromatic rings. The Morgan fingerprint density at radius 3 is 2.11 bits per heavy atom. The highest BCUT2D eigenvalue weighted by Crippen LogP contribution is 2.29. The van der Waals surface area contributed by atoms with Gasteiger partial charge in [-0.05, 0) is 58.0 Å². The molecule has 0 atom stereocenters. The van der Waals surface area contributed by atoms with Gasteiger partial charge in [0.25, 0.3) is 5.91 Å². The van der Waals surface area contributed by atoms with Crippen molar-refractivity contribution >= 4 is 32.6 Å². The van der Waals surface area contributed by atoms with Gasteiger partial charge in [0.2, 0.25) is 0 Å². The molecule has 1 aromatic heterocycles. The first-order valence-electron chi connectivity index (χ1n) is 11.7. The number of methoxy groups -OCH3 is 1. The van der Waals surface area contributed by atoms with Gasteiger partial charge in [-0.2, -0.15) is 0 Å². The van der Waals surface area contributed by atoms with Gasteiger partial charge in [-0.1, -0.05) is 64.4 Å². The molecule has 0 saturated heterocycles. The van der Waals surface area contributed by atoms with Crippen LogP contribution in [-0.2, 0) is 9.47 Å². The summed E-state index contributed by atoms with van der Waals surface area (Å²) in [5.74, 6) is 0.557. The van der Waals surface area contributed by atoms with Crippen LogP contribution in [0.25, 0.3) is 10.2 Å². The van der Waals surface area contributed by atoms with Crippen LogP contribution < -0.4 is 10.1 Å². The van der Waals surface area contributed by atoms with E-state index in [1.54, 1.807) is 20.3 Å². The van der Waals surface area contributed by atoms with Crippen LogP contribution in [0.5, 0.6) is 5.75 Å². The normalized spacial score (nSPS) is 9.62. The Bertz CT molecular complexity index is 1170. The van der Waals surface area contributed by atoms with Gasteiger partial charge in [0, 0.05) is 33.5 Å². The Morgan fingerprint density at radius 1 is 0.919 bits per heavy atom. The number of carbonyl (C=O) groups excluding carboxylic acids is 1. The zero-order chi connectivity index (χ0) is 27.6. The number of aryl methyl sites for hydroxylation is 3. The van der Waals surface area contributed by atoms with Crippen molar-refractivity contribution in [3.8, 4) is 5.75 Å².